The molecule has 0 fully saturated rings. The van der Waals surface area contributed by atoms with Gasteiger partial charge >= 0.3 is 5.97 Å². The highest BCUT2D eigenvalue weighted by molar-refractivity contribution is 5.95. The highest BCUT2D eigenvalue weighted by Gasteiger charge is 2.37. The molecule has 1 aromatic rings. The number of ether oxygens (including phenoxy) is 1. The molecule has 24 heavy (non-hydrogen) atoms. The molecule has 126 valence electrons. The smallest absolute Gasteiger partial charge is 0.342 e. The summed E-state index contributed by atoms with van der Waals surface area (Å²) in [7, 11) is 0. The first-order valence-corrected chi connectivity index (χ1v) is 8.73. The Balaban J connectivity index is 1.73. The van der Waals surface area contributed by atoms with Gasteiger partial charge in [0.1, 0.15) is 24.5 Å². The van der Waals surface area contributed by atoms with E-state index in [-0.39, 0.29) is 5.57 Å². The third-order valence-corrected chi connectivity index (χ3v) is 5.28. The molecule has 3 heterocycles. The maximum absolute atomic E-state index is 12.9. The van der Waals surface area contributed by atoms with Crippen LogP contribution in [0.15, 0.2) is 35.5 Å². The summed E-state index contributed by atoms with van der Waals surface area (Å²) in [6, 6.07) is 7.03. The minimum Gasteiger partial charge on any atom is -0.845 e. The Morgan fingerprint density at radius 3 is 2.96 bits per heavy atom. The monoisotopic (exact) mass is 326 g/mol. The second-order valence-electron chi connectivity index (χ2n) is 6.67. The lowest BCUT2D eigenvalue weighted by Crippen LogP contribution is -2.36. The van der Waals surface area contributed by atoms with E-state index in [4.69, 9.17) is 4.74 Å². The van der Waals surface area contributed by atoms with E-state index < -0.39 is 12.1 Å². The second-order valence-corrected chi connectivity index (χ2v) is 6.67. The van der Waals surface area contributed by atoms with E-state index in [1.807, 2.05) is 13.0 Å². The van der Waals surface area contributed by atoms with Gasteiger partial charge in [0.05, 0.1) is 12.1 Å². The number of allylic oxidation sites excluding steroid dienone is 1. The van der Waals surface area contributed by atoms with Crippen LogP contribution in [0.1, 0.15) is 44.3 Å². The van der Waals surface area contributed by atoms with Crippen LogP contribution in [0.4, 0.5) is 0 Å². The number of benzene rings is 1. The van der Waals surface area contributed by atoms with Crippen LogP contribution in [0.5, 0.6) is 5.75 Å². The molecule has 0 spiro atoms. The molecule has 0 aromatic heterocycles. The summed E-state index contributed by atoms with van der Waals surface area (Å²) >= 11 is 0. The number of carbonyl (C=O) groups excluding carboxylic acids is 1. The van der Waals surface area contributed by atoms with Gasteiger partial charge in [-0.15, -0.1) is 0 Å². The molecule has 0 bridgehead atoms. The van der Waals surface area contributed by atoms with Crippen LogP contribution in [-0.4, -0.2) is 40.9 Å². The molecule has 0 amide bonds. The molecule has 1 unspecified atom stereocenters. The fourth-order valence-electron chi connectivity index (χ4n) is 4.00. The number of rotatable bonds is 1. The molecule has 0 N–H and O–H groups in total. The van der Waals surface area contributed by atoms with Crippen molar-refractivity contribution in [2.75, 3.05) is 19.6 Å². The van der Waals surface area contributed by atoms with Crippen molar-refractivity contribution in [2.45, 2.75) is 38.7 Å². The average Bonchev–Trinajstić information content (AvgIpc) is 2.83. The number of para-hydroxylation sites is 1. The largest absolute Gasteiger partial charge is 0.845 e. The Labute approximate surface area is 141 Å². The van der Waals surface area contributed by atoms with E-state index in [1.165, 1.54) is 25.1 Å². The highest BCUT2D eigenvalue weighted by atomic mass is 16.5. The Hall–Kier alpha value is -2.14. The third kappa shape index (κ3) is 2.44. The second kappa shape index (κ2) is 6.06. The highest BCUT2D eigenvalue weighted by Crippen LogP contribution is 2.36. The number of carbonyl (C=O) groups is 1. The van der Waals surface area contributed by atoms with Crippen molar-refractivity contribution in [1.82, 2.24) is 4.90 Å². The first-order chi connectivity index (χ1) is 11.7. The lowest BCUT2D eigenvalue weighted by Gasteiger charge is -2.32. The molecule has 5 heteroatoms. The maximum Gasteiger partial charge on any atom is 0.342 e. The Morgan fingerprint density at radius 2 is 2.08 bits per heavy atom. The normalized spacial score (nSPS) is 25.8. The van der Waals surface area contributed by atoms with E-state index >= 15 is 0 Å². The van der Waals surface area contributed by atoms with Gasteiger partial charge in [-0.25, -0.2) is 9.69 Å². The van der Waals surface area contributed by atoms with Crippen molar-refractivity contribution in [3.8, 4) is 5.75 Å². The first kappa shape index (κ1) is 15.4. The summed E-state index contributed by atoms with van der Waals surface area (Å²) in [6.07, 6.45) is 3.46. The van der Waals surface area contributed by atoms with E-state index in [1.54, 1.807) is 18.2 Å². The zero-order chi connectivity index (χ0) is 16.7. The van der Waals surface area contributed by atoms with Crippen LogP contribution >= 0.6 is 0 Å². The van der Waals surface area contributed by atoms with Crippen LogP contribution in [-0.2, 0) is 4.79 Å². The first-order valence-electron chi connectivity index (χ1n) is 8.73. The quantitative estimate of drug-likeness (QED) is 0.340. The molecule has 0 aliphatic carbocycles. The van der Waals surface area contributed by atoms with Gasteiger partial charge in [-0.05, 0) is 37.8 Å². The number of nitrogens with zero attached hydrogens (tertiary/aromatic N) is 2. The molecule has 1 atom stereocenters. The van der Waals surface area contributed by atoms with Crippen molar-refractivity contribution in [2.24, 2.45) is 0 Å². The molecule has 0 saturated carbocycles. The molecule has 3 aliphatic heterocycles. The van der Waals surface area contributed by atoms with Gasteiger partial charge in [-0.2, -0.15) is 0 Å². The Kier molecular flexibility index (Phi) is 3.88. The lowest BCUT2D eigenvalue weighted by atomic mass is 9.96. The van der Waals surface area contributed by atoms with Crippen molar-refractivity contribution in [1.29, 1.82) is 0 Å². The van der Waals surface area contributed by atoms with Crippen LogP contribution in [0.25, 0.3) is 0 Å². The SMILES string of the molecule is C/C(=C1/C(=O)Oc2ccccc2C1[O-])N1CC[N+]2=C1CCCCC2. The predicted molar refractivity (Wildman–Crippen MR) is 87.7 cm³/mol. The van der Waals surface area contributed by atoms with Gasteiger partial charge in [-0.1, -0.05) is 24.3 Å². The number of amidine groups is 1. The summed E-state index contributed by atoms with van der Waals surface area (Å²) in [6.45, 7) is 4.76. The van der Waals surface area contributed by atoms with E-state index in [2.05, 4.69) is 9.48 Å². The van der Waals surface area contributed by atoms with Crippen LogP contribution in [0, 0.1) is 0 Å². The molecule has 1 aromatic carbocycles. The summed E-state index contributed by atoms with van der Waals surface area (Å²) < 4.78 is 7.81. The molecule has 4 rings (SSSR count). The molecular formula is C19H22N2O3. The van der Waals surface area contributed by atoms with Crippen molar-refractivity contribution < 1.29 is 19.2 Å². The third-order valence-electron chi connectivity index (χ3n) is 5.28. The topological polar surface area (TPSA) is 55.6 Å². The van der Waals surface area contributed by atoms with Gasteiger partial charge in [0.15, 0.2) is 0 Å². The summed E-state index contributed by atoms with van der Waals surface area (Å²) in [4.78, 5) is 14.6. The lowest BCUT2D eigenvalue weighted by molar-refractivity contribution is -0.518. The molecule has 5 nitrogen and oxygen atoms in total. The van der Waals surface area contributed by atoms with E-state index in [0.29, 0.717) is 11.3 Å². The summed E-state index contributed by atoms with van der Waals surface area (Å²) in [5.41, 5.74) is 1.56. The van der Waals surface area contributed by atoms with Crippen molar-refractivity contribution >= 4 is 11.8 Å². The van der Waals surface area contributed by atoms with E-state index in [0.717, 1.165) is 31.8 Å². The number of esters is 1. The predicted octanol–water partition coefficient (Wildman–Crippen LogP) is 1.58. The maximum atomic E-state index is 12.9. The minimum atomic E-state index is -1.18. The van der Waals surface area contributed by atoms with E-state index in [9.17, 15) is 9.90 Å². The standard InChI is InChI=1S/C19H22N2O3/c1-13(21-12-11-20-10-6-2-3-9-16(20)21)17-18(22)14-7-4-5-8-15(14)24-19(17)23/h4-5,7-8,18H,2-3,6,9-12H2,1H3/b17-13-. The Morgan fingerprint density at radius 1 is 1.25 bits per heavy atom. The number of hydrogen-bond acceptors (Lipinski definition) is 4. The van der Waals surface area contributed by atoms with Crippen LogP contribution in [0.3, 0.4) is 0 Å². The van der Waals surface area contributed by atoms with Crippen molar-refractivity contribution in [3.63, 3.8) is 0 Å². The summed E-state index contributed by atoms with van der Waals surface area (Å²) in [5.74, 6) is 1.15. The van der Waals surface area contributed by atoms with Crippen LogP contribution < -0.4 is 9.84 Å². The zero-order valence-corrected chi connectivity index (χ0v) is 14.0. The van der Waals surface area contributed by atoms with Crippen molar-refractivity contribution in [3.05, 3.63) is 41.1 Å². The van der Waals surface area contributed by atoms with Gasteiger partial charge < -0.3 is 9.84 Å². The fraction of sp³-hybridized carbons (Fsp3) is 0.474. The molecular weight excluding hydrogens is 304 g/mol. The zero-order valence-electron chi connectivity index (χ0n) is 14.0. The molecule has 0 saturated heterocycles. The van der Waals surface area contributed by atoms with Gasteiger partial charge in [-0.3, -0.25) is 4.58 Å². The van der Waals surface area contributed by atoms with Gasteiger partial charge in [0, 0.05) is 6.42 Å². The van der Waals surface area contributed by atoms with Gasteiger partial charge in [0.25, 0.3) is 5.84 Å². The number of fused-ring (bicyclic) bond motifs is 1. The Bertz CT molecular complexity index is 751. The van der Waals surface area contributed by atoms with Crippen LogP contribution in [0.2, 0.25) is 0 Å². The average molecular weight is 326 g/mol. The fourth-order valence-corrected chi connectivity index (χ4v) is 4.00. The summed E-state index contributed by atoms with van der Waals surface area (Å²) in [5, 5.41) is 12.9. The minimum absolute atomic E-state index is 0.257. The van der Waals surface area contributed by atoms with Gasteiger partial charge in [0.2, 0.25) is 0 Å². The molecule has 3 aliphatic rings. The number of hydrogen-bond donors (Lipinski definition) is 0. The molecule has 0 radical (unpaired) electrons.